The third-order valence-electron chi connectivity index (χ3n) is 3.48. The molecule has 0 radical (unpaired) electrons. The van der Waals surface area contributed by atoms with Gasteiger partial charge in [0.1, 0.15) is 10.6 Å². The normalized spacial score (nSPS) is 13.4. The number of carbonyl (C=O) groups is 2. The monoisotopic (exact) mass is 380 g/mol. The van der Waals surface area contributed by atoms with Crippen molar-refractivity contribution in [3.63, 3.8) is 0 Å². The summed E-state index contributed by atoms with van der Waals surface area (Å²) >= 11 is 6.06. The van der Waals surface area contributed by atoms with E-state index in [1.54, 1.807) is 12.1 Å². The van der Waals surface area contributed by atoms with Crippen LogP contribution in [0.2, 0.25) is 5.02 Å². The fourth-order valence-electron chi connectivity index (χ4n) is 2.30. The Kier molecular flexibility index (Phi) is 4.40. The van der Waals surface area contributed by atoms with Crippen molar-refractivity contribution in [2.45, 2.75) is 11.8 Å². The van der Waals surface area contributed by atoms with Gasteiger partial charge in [0, 0.05) is 17.3 Å². The molecule has 130 valence electrons. The Bertz CT molecular complexity index is 988. The summed E-state index contributed by atoms with van der Waals surface area (Å²) in [5.74, 6) is -0.322. The summed E-state index contributed by atoms with van der Waals surface area (Å²) in [5.41, 5.74) is 0.914. The lowest BCUT2D eigenvalue weighted by atomic mass is 10.1. The fourth-order valence-corrected chi connectivity index (χ4v) is 3.89. The number of rotatable bonds is 4. The number of ketones is 1. The number of hydrogen-bond acceptors (Lipinski definition) is 5. The Morgan fingerprint density at radius 1 is 1.28 bits per heavy atom. The Morgan fingerprint density at radius 3 is 2.76 bits per heavy atom. The molecule has 2 aromatic carbocycles. The van der Waals surface area contributed by atoms with Crippen molar-refractivity contribution in [1.82, 2.24) is 0 Å². The summed E-state index contributed by atoms with van der Waals surface area (Å²) in [6, 6.07) is 8.67. The van der Waals surface area contributed by atoms with Gasteiger partial charge in [0.2, 0.25) is 0 Å². The van der Waals surface area contributed by atoms with Crippen LogP contribution in [-0.2, 0) is 14.8 Å². The van der Waals surface area contributed by atoms with E-state index in [0.717, 1.165) is 0 Å². The van der Waals surface area contributed by atoms with Crippen LogP contribution in [0.3, 0.4) is 0 Å². The number of fused-ring (bicyclic) bond motifs is 1. The number of hydrogen-bond donors (Lipinski definition) is 2. The second-order valence-electron chi connectivity index (χ2n) is 5.36. The highest BCUT2D eigenvalue weighted by Gasteiger charge is 2.24. The van der Waals surface area contributed by atoms with Crippen LogP contribution in [0.15, 0.2) is 41.3 Å². The Morgan fingerprint density at radius 2 is 2.04 bits per heavy atom. The zero-order chi connectivity index (χ0) is 18.2. The molecule has 0 saturated heterocycles. The summed E-state index contributed by atoms with van der Waals surface area (Å²) in [5, 5.41) is 2.48. The maximum absolute atomic E-state index is 12.6. The molecule has 0 unspecified atom stereocenters. The fraction of sp³-hybridized carbons (Fsp3) is 0.125. The van der Waals surface area contributed by atoms with Crippen LogP contribution < -0.4 is 14.8 Å². The summed E-state index contributed by atoms with van der Waals surface area (Å²) in [6.45, 7) is 1.18. The summed E-state index contributed by atoms with van der Waals surface area (Å²) in [6.07, 6.45) is 0. The van der Waals surface area contributed by atoms with Gasteiger partial charge in [0.25, 0.3) is 15.9 Å². The van der Waals surface area contributed by atoms with Gasteiger partial charge in [-0.1, -0.05) is 23.7 Å². The minimum Gasteiger partial charge on any atom is -0.482 e. The van der Waals surface area contributed by atoms with E-state index in [4.69, 9.17) is 16.3 Å². The zero-order valence-corrected chi connectivity index (χ0v) is 14.6. The van der Waals surface area contributed by atoms with E-state index in [1.807, 2.05) is 0 Å². The van der Waals surface area contributed by atoms with E-state index in [-0.39, 0.29) is 39.7 Å². The maximum atomic E-state index is 12.6. The van der Waals surface area contributed by atoms with Gasteiger partial charge in [-0.25, -0.2) is 8.42 Å². The highest BCUT2D eigenvalue weighted by atomic mass is 35.5. The molecule has 2 N–H and O–H groups in total. The van der Waals surface area contributed by atoms with Crippen molar-refractivity contribution in [3.05, 3.63) is 47.0 Å². The Hall–Kier alpha value is -2.58. The van der Waals surface area contributed by atoms with Crippen molar-refractivity contribution in [2.75, 3.05) is 16.6 Å². The zero-order valence-electron chi connectivity index (χ0n) is 13.0. The molecule has 0 saturated carbocycles. The quantitative estimate of drug-likeness (QED) is 0.794. The van der Waals surface area contributed by atoms with Crippen LogP contribution in [0.5, 0.6) is 5.75 Å². The topological polar surface area (TPSA) is 102 Å². The van der Waals surface area contributed by atoms with Crippen molar-refractivity contribution < 1.29 is 22.7 Å². The second-order valence-corrected chi connectivity index (χ2v) is 7.42. The first-order valence-electron chi connectivity index (χ1n) is 7.16. The van der Waals surface area contributed by atoms with Gasteiger partial charge in [0.05, 0.1) is 10.7 Å². The molecular weight excluding hydrogens is 368 g/mol. The number of amides is 1. The number of nitrogens with one attached hydrogen (secondary N) is 2. The molecule has 1 aliphatic heterocycles. The van der Waals surface area contributed by atoms with Crippen LogP contribution in [0.4, 0.5) is 11.4 Å². The highest BCUT2D eigenvalue weighted by Crippen LogP contribution is 2.36. The largest absolute Gasteiger partial charge is 0.482 e. The third-order valence-corrected chi connectivity index (χ3v) is 5.32. The Labute approximate surface area is 149 Å². The predicted molar refractivity (Wildman–Crippen MR) is 92.8 cm³/mol. The number of benzene rings is 2. The summed E-state index contributed by atoms with van der Waals surface area (Å²) in [4.78, 5) is 22.5. The molecule has 0 bridgehead atoms. The van der Waals surface area contributed by atoms with E-state index in [9.17, 15) is 18.0 Å². The minimum atomic E-state index is -4.02. The molecule has 0 fully saturated rings. The lowest BCUT2D eigenvalue weighted by Gasteiger charge is -2.19. The number of anilines is 2. The van der Waals surface area contributed by atoms with Crippen LogP contribution in [0.25, 0.3) is 0 Å². The van der Waals surface area contributed by atoms with Gasteiger partial charge >= 0.3 is 0 Å². The van der Waals surface area contributed by atoms with E-state index in [2.05, 4.69) is 10.0 Å². The number of halogens is 1. The highest BCUT2D eigenvalue weighted by molar-refractivity contribution is 7.92. The van der Waals surface area contributed by atoms with E-state index < -0.39 is 10.0 Å². The summed E-state index contributed by atoms with van der Waals surface area (Å²) in [7, 11) is -4.02. The molecular formula is C16H13ClN2O5S. The van der Waals surface area contributed by atoms with Crippen molar-refractivity contribution in [2.24, 2.45) is 0 Å². The lowest BCUT2D eigenvalue weighted by Crippen LogP contribution is -2.25. The smallest absolute Gasteiger partial charge is 0.263 e. The molecule has 2 aromatic rings. The molecule has 9 heteroatoms. The minimum absolute atomic E-state index is 0.0697. The van der Waals surface area contributed by atoms with Gasteiger partial charge in [-0.2, -0.15) is 0 Å². The Balaban J connectivity index is 1.96. The molecule has 0 aromatic heterocycles. The molecule has 1 heterocycles. The van der Waals surface area contributed by atoms with Gasteiger partial charge in [0.15, 0.2) is 12.4 Å². The van der Waals surface area contributed by atoms with Gasteiger partial charge in [-0.05, 0) is 25.1 Å². The molecule has 25 heavy (non-hydrogen) atoms. The number of sulfonamides is 1. The molecule has 3 rings (SSSR count). The van der Waals surface area contributed by atoms with Crippen molar-refractivity contribution in [3.8, 4) is 5.75 Å². The lowest BCUT2D eigenvalue weighted by molar-refractivity contribution is -0.118. The second kappa shape index (κ2) is 6.38. The number of Topliss-reactive ketones (excluding diaryl/α,β-unsaturated/α-hetero) is 1. The first-order valence-corrected chi connectivity index (χ1v) is 9.02. The maximum Gasteiger partial charge on any atom is 0.263 e. The van der Waals surface area contributed by atoms with Crippen LogP contribution in [0, 0.1) is 0 Å². The third kappa shape index (κ3) is 3.59. The van der Waals surface area contributed by atoms with Crippen molar-refractivity contribution in [1.29, 1.82) is 0 Å². The predicted octanol–water partition coefficient (Wildman–Crippen LogP) is 2.67. The van der Waals surface area contributed by atoms with E-state index >= 15 is 0 Å². The van der Waals surface area contributed by atoms with Crippen LogP contribution >= 0.6 is 11.6 Å². The molecule has 1 aliphatic rings. The molecule has 7 nitrogen and oxygen atoms in total. The average molecular weight is 381 g/mol. The summed E-state index contributed by atoms with van der Waals surface area (Å²) < 4.78 is 32.9. The molecule has 0 spiro atoms. The van der Waals surface area contributed by atoms with Crippen molar-refractivity contribution >= 4 is 44.7 Å². The first-order chi connectivity index (χ1) is 11.8. The van der Waals surface area contributed by atoms with Gasteiger partial charge in [-0.3, -0.25) is 14.3 Å². The average Bonchev–Trinajstić information content (AvgIpc) is 2.53. The number of carbonyl (C=O) groups excluding carboxylic acids is 2. The van der Waals surface area contributed by atoms with E-state index in [0.29, 0.717) is 11.3 Å². The standard InChI is InChI=1S/C16H13ClN2O5S/c1-9(20)10-3-2-4-11(5-10)19-25(22,23)15-7-14-13(6-12(15)17)18-16(21)8-24-14/h2-7,19H,8H2,1H3,(H,18,21). The van der Waals surface area contributed by atoms with E-state index in [1.165, 1.54) is 31.2 Å². The first kappa shape index (κ1) is 17.2. The molecule has 0 atom stereocenters. The molecule has 1 amide bonds. The number of ether oxygens (including phenoxy) is 1. The van der Waals surface area contributed by atoms with Gasteiger partial charge < -0.3 is 10.1 Å². The van der Waals surface area contributed by atoms with Crippen LogP contribution in [-0.4, -0.2) is 26.7 Å². The van der Waals surface area contributed by atoms with Crippen LogP contribution in [0.1, 0.15) is 17.3 Å². The SMILES string of the molecule is CC(=O)c1cccc(NS(=O)(=O)c2cc3c(cc2Cl)NC(=O)CO3)c1. The van der Waals surface area contributed by atoms with Gasteiger partial charge in [-0.15, -0.1) is 0 Å². The molecule has 0 aliphatic carbocycles.